The molecule has 1 amide bonds. The van der Waals surface area contributed by atoms with Crippen LogP contribution in [0.3, 0.4) is 0 Å². The third-order valence-electron chi connectivity index (χ3n) is 4.91. The fourth-order valence-corrected chi connectivity index (χ4v) is 3.26. The molecule has 3 rings (SSSR count). The van der Waals surface area contributed by atoms with E-state index in [0.29, 0.717) is 11.4 Å². The average Bonchev–Trinajstić information content (AvgIpc) is 2.99. The van der Waals surface area contributed by atoms with Crippen molar-refractivity contribution in [1.29, 1.82) is 0 Å². The van der Waals surface area contributed by atoms with Gasteiger partial charge in [0, 0.05) is 19.3 Å². The van der Waals surface area contributed by atoms with E-state index in [-0.39, 0.29) is 28.5 Å². The maximum Gasteiger partial charge on any atom is 0.419 e. The molecule has 0 fully saturated rings. The van der Waals surface area contributed by atoms with E-state index in [0.717, 1.165) is 11.9 Å². The van der Waals surface area contributed by atoms with E-state index >= 15 is 0 Å². The number of aromatic nitrogens is 3. The van der Waals surface area contributed by atoms with Gasteiger partial charge >= 0.3 is 6.18 Å². The summed E-state index contributed by atoms with van der Waals surface area (Å²) >= 11 is 0. The maximum absolute atomic E-state index is 13.7. The molecule has 0 unspecified atom stereocenters. The highest BCUT2D eigenvalue weighted by Crippen LogP contribution is 2.39. The first-order chi connectivity index (χ1) is 15.6. The van der Waals surface area contributed by atoms with Crippen LogP contribution in [0.5, 0.6) is 5.75 Å². The molecule has 3 N–H and O–H groups in total. The highest BCUT2D eigenvalue weighted by Gasteiger charge is 2.35. The Hall–Kier alpha value is -3.80. The molecule has 2 heterocycles. The minimum absolute atomic E-state index is 0.0276. The second-order valence-electron chi connectivity index (χ2n) is 7.05. The van der Waals surface area contributed by atoms with Gasteiger partial charge < -0.3 is 15.4 Å². The van der Waals surface area contributed by atoms with Crippen molar-refractivity contribution in [2.24, 2.45) is 7.05 Å². The average molecular weight is 464 g/mol. The van der Waals surface area contributed by atoms with Gasteiger partial charge in [0.25, 0.3) is 5.91 Å². The van der Waals surface area contributed by atoms with Crippen molar-refractivity contribution in [2.75, 3.05) is 24.9 Å². The number of halogens is 3. The van der Waals surface area contributed by atoms with E-state index < -0.39 is 17.6 Å². The first kappa shape index (κ1) is 23.9. The summed E-state index contributed by atoms with van der Waals surface area (Å²) in [7, 11) is 4.35. The summed E-state index contributed by atoms with van der Waals surface area (Å²) in [5.74, 6) is -0.382. The molecular formula is C21H23F3N6O3. The number of amides is 1. The minimum Gasteiger partial charge on any atom is -0.496 e. The first-order valence-corrected chi connectivity index (χ1v) is 9.68. The molecule has 0 bridgehead atoms. The second-order valence-corrected chi connectivity index (χ2v) is 7.05. The summed E-state index contributed by atoms with van der Waals surface area (Å²) in [6, 6.07) is 5.72. The van der Waals surface area contributed by atoms with Gasteiger partial charge in [0.2, 0.25) is 0 Å². The molecule has 0 radical (unpaired) electrons. The van der Waals surface area contributed by atoms with Crippen molar-refractivity contribution in [3.63, 3.8) is 0 Å². The largest absolute Gasteiger partial charge is 0.496 e. The number of hydrogen-bond acceptors (Lipinski definition) is 7. The highest BCUT2D eigenvalue weighted by atomic mass is 19.4. The zero-order valence-electron chi connectivity index (χ0n) is 18.6. The van der Waals surface area contributed by atoms with Crippen molar-refractivity contribution in [2.45, 2.75) is 20.0 Å². The predicted molar refractivity (Wildman–Crippen MR) is 116 cm³/mol. The molecular weight excluding hydrogens is 441 g/mol. The third-order valence-corrected chi connectivity index (χ3v) is 4.91. The van der Waals surface area contributed by atoms with Gasteiger partial charge in [-0.25, -0.2) is 10.5 Å². The summed E-state index contributed by atoms with van der Waals surface area (Å²) < 4.78 is 48.0. The number of benzene rings is 1. The summed E-state index contributed by atoms with van der Waals surface area (Å²) in [4.78, 5) is 21.1. The number of hydroxylamine groups is 1. The first-order valence-electron chi connectivity index (χ1n) is 9.68. The smallest absolute Gasteiger partial charge is 0.419 e. The Kier molecular flexibility index (Phi) is 6.77. The maximum atomic E-state index is 13.7. The number of carbonyl (C=O) groups excluding carboxylic acids is 1. The zero-order valence-corrected chi connectivity index (χ0v) is 18.6. The molecule has 0 atom stereocenters. The Morgan fingerprint density at radius 3 is 2.42 bits per heavy atom. The van der Waals surface area contributed by atoms with Crippen molar-refractivity contribution >= 4 is 28.8 Å². The number of nitrogens with one attached hydrogen (secondary N) is 3. The number of methoxy groups -OCH3 is 1. The van der Waals surface area contributed by atoms with Gasteiger partial charge in [-0.1, -0.05) is 6.07 Å². The molecule has 12 heteroatoms. The fraction of sp³-hybridized carbons (Fsp3) is 0.286. The Morgan fingerprint density at radius 1 is 1.12 bits per heavy atom. The molecule has 0 saturated heterocycles. The van der Waals surface area contributed by atoms with Crippen LogP contribution < -0.4 is 20.9 Å². The molecule has 0 aliphatic rings. The lowest BCUT2D eigenvalue weighted by atomic mass is 10.1. The monoisotopic (exact) mass is 464 g/mol. The summed E-state index contributed by atoms with van der Waals surface area (Å²) in [6.07, 6.45) is -3.97. The Bertz CT molecular complexity index is 1180. The van der Waals surface area contributed by atoms with Gasteiger partial charge in [-0.15, -0.1) is 0 Å². The second kappa shape index (κ2) is 9.36. The van der Waals surface area contributed by atoms with Crippen molar-refractivity contribution < 1.29 is 27.5 Å². The van der Waals surface area contributed by atoms with Crippen LogP contribution in [0, 0.1) is 13.8 Å². The standard InChI is InChI=1S/C21H23F3N6O3/c1-11-19(12(2)30(3)28-11)27-17-9-15(13(10-25-17)21(22,23)24)26-14-7-6-8-16(32-4)18(14)20(31)29-33-5/h6-10H,1-5H3,(H,29,31)(H2,25,26,27). The molecule has 0 spiro atoms. The van der Waals surface area contributed by atoms with Gasteiger partial charge in [-0.05, 0) is 26.0 Å². The molecule has 9 nitrogen and oxygen atoms in total. The number of anilines is 4. The van der Waals surface area contributed by atoms with Crippen LogP contribution in [-0.2, 0) is 18.1 Å². The minimum atomic E-state index is -4.69. The summed E-state index contributed by atoms with van der Waals surface area (Å²) in [5.41, 5.74) is 2.98. The van der Waals surface area contributed by atoms with E-state index in [1.807, 2.05) is 6.92 Å². The highest BCUT2D eigenvalue weighted by molar-refractivity contribution is 6.02. The zero-order chi connectivity index (χ0) is 24.3. The molecule has 176 valence electrons. The van der Waals surface area contributed by atoms with Gasteiger partial charge in [0.05, 0.1) is 48.2 Å². The number of hydrogen-bond donors (Lipinski definition) is 3. The molecule has 2 aromatic heterocycles. The van der Waals surface area contributed by atoms with Crippen LogP contribution in [0.25, 0.3) is 0 Å². The predicted octanol–water partition coefficient (Wildman–Crippen LogP) is 4.24. The number of rotatable bonds is 7. The van der Waals surface area contributed by atoms with Gasteiger partial charge in [-0.3, -0.25) is 14.3 Å². The fourth-order valence-electron chi connectivity index (χ4n) is 3.26. The molecule has 33 heavy (non-hydrogen) atoms. The number of pyridine rings is 1. The lowest BCUT2D eigenvalue weighted by Crippen LogP contribution is -2.23. The lowest BCUT2D eigenvalue weighted by Gasteiger charge is -2.19. The van der Waals surface area contributed by atoms with E-state index in [9.17, 15) is 18.0 Å². The van der Waals surface area contributed by atoms with Crippen molar-refractivity contribution in [1.82, 2.24) is 20.2 Å². The van der Waals surface area contributed by atoms with E-state index in [1.54, 1.807) is 24.7 Å². The number of nitrogens with zero attached hydrogens (tertiary/aromatic N) is 3. The van der Waals surface area contributed by atoms with Gasteiger partial charge in [-0.2, -0.15) is 18.3 Å². The van der Waals surface area contributed by atoms with Crippen LogP contribution in [0.4, 0.5) is 36.1 Å². The molecule has 0 saturated carbocycles. The van der Waals surface area contributed by atoms with E-state index in [4.69, 9.17) is 4.74 Å². The van der Waals surface area contributed by atoms with Crippen molar-refractivity contribution in [3.05, 3.63) is 53.0 Å². The summed E-state index contributed by atoms with van der Waals surface area (Å²) in [5, 5.41) is 10.0. The van der Waals surface area contributed by atoms with Crippen molar-refractivity contribution in [3.8, 4) is 5.75 Å². The number of carbonyl (C=O) groups is 1. The molecule has 3 aromatic rings. The Balaban J connectivity index is 2.08. The topological polar surface area (TPSA) is 102 Å². The Labute approximate surface area is 187 Å². The van der Waals surface area contributed by atoms with Crippen LogP contribution in [0.15, 0.2) is 30.5 Å². The quantitative estimate of drug-likeness (QED) is 0.450. The Morgan fingerprint density at radius 2 is 1.85 bits per heavy atom. The van der Waals surface area contributed by atoms with Gasteiger partial charge in [0.15, 0.2) is 0 Å². The van der Waals surface area contributed by atoms with Crippen LogP contribution in [0.2, 0.25) is 0 Å². The lowest BCUT2D eigenvalue weighted by molar-refractivity contribution is -0.137. The van der Waals surface area contributed by atoms with Gasteiger partial charge in [0.1, 0.15) is 17.1 Å². The number of ether oxygens (including phenoxy) is 1. The molecule has 0 aliphatic carbocycles. The SMILES string of the molecule is CONC(=O)c1c(Nc2cc(Nc3c(C)nn(C)c3C)ncc2C(F)(F)F)cccc1OC. The number of aryl methyl sites for hydroxylation is 2. The normalized spacial score (nSPS) is 11.3. The third kappa shape index (κ3) is 5.00. The number of alkyl halides is 3. The van der Waals surface area contributed by atoms with Crippen LogP contribution in [-0.4, -0.2) is 34.9 Å². The van der Waals surface area contributed by atoms with Crippen LogP contribution in [0.1, 0.15) is 27.3 Å². The summed E-state index contributed by atoms with van der Waals surface area (Å²) in [6.45, 7) is 3.60. The van der Waals surface area contributed by atoms with E-state index in [1.165, 1.54) is 32.4 Å². The molecule has 0 aliphatic heterocycles. The van der Waals surface area contributed by atoms with Crippen LogP contribution >= 0.6 is 0 Å². The molecule has 1 aromatic carbocycles. The van der Waals surface area contributed by atoms with E-state index in [2.05, 4.69) is 31.0 Å².